The summed E-state index contributed by atoms with van der Waals surface area (Å²) in [5.74, 6) is -1.58. The van der Waals surface area contributed by atoms with Gasteiger partial charge in [0.15, 0.2) is 0 Å². The van der Waals surface area contributed by atoms with Crippen LogP contribution in [0.1, 0.15) is 52.4 Å². The van der Waals surface area contributed by atoms with E-state index in [0.29, 0.717) is 12.8 Å². The zero-order chi connectivity index (χ0) is 19.3. The number of rotatable bonds is 14. The van der Waals surface area contributed by atoms with Gasteiger partial charge in [-0.3, -0.25) is 0 Å². The molecule has 0 aromatic carbocycles. The summed E-state index contributed by atoms with van der Waals surface area (Å²) in [5, 5.41) is 0. The third-order valence-corrected chi connectivity index (χ3v) is 3.92. The van der Waals surface area contributed by atoms with Gasteiger partial charge in [-0.25, -0.2) is 23.2 Å². The van der Waals surface area contributed by atoms with Gasteiger partial charge in [0.1, 0.15) is 0 Å². The van der Waals surface area contributed by atoms with Gasteiger partial charge in [0.2, 0.25) is 12.6 Å². The maximum absolute atomic E-state index is 12.2. The molecule has 2 atom stereocenters. The van der Waals surface area contributed by atoms with Gasteiger partial charge >= 0.3 is 42.8 Å². The standard InChI is InChI=1S/C16H27O8P.Mg.2H/c1-5-9-11-15(21-13(17)7-3)23-25(19,20)24-16(12-10-6-2)22-14(18)8-4;;;/h7-8,15-16H,3-6,9-12H2,1-2H3,(H,19,20);;;. The Morgan fingerprint density at radius 1 is 0.962 bits per heavy atom. The molecule has 0 heterocycles. The number of esters is 2. The number of carbonyl (C=O) groups excluding carboxylic acids is 2. The summed E-state index contributed by atoms with van der Waals surface area (Å²) in [4.78, 5) is 32.5. The monoisotopic (exact) mass is 404 g/mol. The minimum absolute atomic E-state index is 0. The van der Waals surface area contributed by atoms with Gasteiger partial charge in [0.25, 0.3) is 0 Å². The molecule has 0 aromatic rings. The largest absolute Gasteiger partial charge is 0.478 e. The Morgan fingerprint density at radius 2 is 1.31 bits per heavy atom. The Morgan fingerprint density at radius 3 is 1.58 bits per heavy atom. The van der Waals surface area contributed by atoms with E-state index in [9.17, 15) is 19.0 Å². The molecule has 0 aliphatic heterocycles. The minimum atomic E-state index is -4.64. The normalized spacial score (nSPS) is 14.9. The number of phosphoric acid groups is 1. The lowest BCUT2D eigenvalue weighted by Crippen LogP contribution is -2.23. The predicted molar refractivity (Wildman–Crippen MR) is 99.7 cm³/mol. The number of phosphoric ester groups is 1. The first-order valence-electron chi connectivity index (χ1n) is 8.13. The fraction of sp³-hybridized carbons (Fsp3) is 0.625. The SMILES string of the molecule is C=CC(=O)OC(CCCC)OP(=O)(O)OC(CCCC)OC(=O)C=C.[MgH2]. The number of hydrogen-bond donors (Lipinski definition) is 1. The van der Waals surface area contributed by atoms with Crippen LogP contribution >= 0.6 is 7.82 Å². The van der Waals surface area contributed by atoms with Crippen LogP contribution in [0.5, 0.6) is 0 Å². The first kappa shape index (κ1) is 27.5. The molecule has 10 heteroatoms. The van der Waals surface area contributed by atoms with Gasteiger partial charge < -0.3 is 14.4 Å². The van der Waals surface area contributed by atoms with E-state index < -0.39 is 32.3 Å². The average Bonchev–Trinajstić information content (AvgIpc) is 2.56. The van der Waals surface area contributed by atoms with Crippen LogP contribution in [0.25, 0.3) is 0 Å². The molecule has 0 spiro atoms. The minimum Gasteiger partial charge on any atom is -0.432 e. The molecule has 0 amide bonds. The maximum atomic E-state index is 12.2. The van der Waals surface area contributed by atoms with E-state index in [-0.39, 0.29) is 35.9 Å². The second kappa shape index (κ2) is 15.4. The number of carbonyl (C=O) groups is 2. The van der Waals surface area contributed by atoms with Gasteiger partial charge in [0.05, 0.1) is 0 Å². The lowest BCUT2D eigenvalue weighted by molar-refractivity contribution is -0.168. The van der Waals surface area contributed by atoms with Crippen molar-refractivity contribution in [3.05, 3.63) is 25.3 Å². The van der Waals surface area contributed by atoms with Crippen molar-refractivity contribution >= 4 is 42.8 Å². The molecule has 8 nitrogen and oxygen atoms in total. The fourth-order valence-electron chi connectivity index (χ4n) is 1.69. The van der Waals surface area contributed by atoms with E-state index in [1.165, 1.54) is 0 Å². The van der Waals surface area contributed by atoms with Crippen LogP contribution in [0.4, 0.5) is 0 Å². The summed E-state index contributed by atoms with van der Waals surface area (Å²) in [7, 11) is -4.64. The van der Waals surface area contributed by atoms with Crippen molar-refractivity contribution in [3.63, 3.8) is 0 Å². The number of ether oxygens (including phenoxy) is 2. The van der Waals surface area contributed by atoms with Gasteiger partial charge in [-0.1, -0.05) is 39.8 Å². The summed E-state index contributed by atoms with van der Waals surface area (Å²) >= 11 is 0. The van der Waals surface area contributed by atoms with Crippen molar-refractivity contribution < 1.29 is 37.6 Å². The molecule has 0 rings (SSSR count). The smallest absolute Gasteiger partial charge is 0.432 e. The van der Waals surface area contributed by atoms with E-state index in [1.54, 1.807) is 0 Å². The summed E-state index contributed by atoms with van der Waals surface area (Å²) in [6, 6.07) is 0. The van der Waals surface area contributed by atoms with Gasteiger partial charge in [-0.15, -0.1) is 0 Å². The average molecular weight is 405 g/mol. The van der Waals surface area contributed by atoms with Gasteiger partial charge in [-0.05, 0) is 12.8 Å². The summed E-state index contributed by atoms with van der Waals surface area (Å²) in [6.45, 7) is 10.3. The second-order valence-corrected chi connectivity index (χ2v) is 6.46. The zero-order valence-corrected chi connectivity index (χ0v) is 15.6. The Kier molecular flexibility index (Phi) is 16.3. The van der Waals surface area contributed by atoms with Crippen LogP contribution in [-0.2, 0) is 32.7 Å². The van der Waals surface area contributed by atoms with Crippen LogP contribution in [-0.4, -0.2) is 52.5 Å². The Bertz CT molecular complexity index is 457. The van der Waals surface area contributed by atoms with Crippen LogP contribution < -0.4 is 0 Å². The predicted octanol–water partition coefficient (Wildman–Crippen LogP) is 2.69. The van der Waals surface area contributed by atoms with Crippen LogP contribution in [0, 0.1) is 0 Å². The first-order valence-corrected chi connectivity index (χ1v) is 9.63. The van der Waals surface area contributed by atoms with Crippen molar-refractivity contribution in [2.45, 2.75) is 65.0 Å². The van der Waals surface area contributed by atoms with E-state index >= 15 is 0 Å². The molecular formula is C16H29MgO8P. The Balaban J connectivity index is 0. The molecular weight excluding hydrogens is 375 g/mol. The summed E-state index contributed by atoms with van der Waals surface area (Å²) in [6.07, 6.45) is 2.41. The highest BCUT2D eigenvalue weighted by Crippen LogP contribution is 2.47. The van der Waals surface area contributed by atoms with Crippen LogP contribution in [0.3, 0.4) is 0 Å². The Labute approximate surface area is 170 Å². The molecule has 0 fully saturated rings. The molecule has 0 saturated heterocycles. The molecule has 0 aromatic heterocycles. The topological polar surface area (TPSA) is 108 Å². The highest BCUT2D eigenvalue weighted by molar-refractivity contribution is 7.47. The zero-order valence-electron chi connectivity index (χ0n) is 14.7. The Hall–Kier alpha value is -0.704. The van der Waals surface area contributed by atoms with E-state index in [0.717, 1.165) is 25.0 Å². The van der Waals surface area contributed by atoms with E-state index in [1.807, 2.05) is 13.8 Å². The van der Waals surface area contributed by atoms with Crippen LogP contribution in [0.2, 0.25) is 0 Å². The third-order valence-electron chi connectivity index (χ3n) is 2.92. The number of unbranched alkanes of at least 4 members (excludes halogenated alkanes) is 2. The molecule has 148 valence electrons. The van der Waals surface area contributed by atoms with Crippen molar-refractivity contribution in [2.24, 2.45) is 0 Å². The molecule has 26 heavy (non-hydrogen) atoms. The lowest BCUT2D eigenvalue weighted by atomic mass is 10.2. The molecule has 0 aliphatic carbocycles. The van der Waals surface area contributed by atoms with Crippen molar-refractivity contribution in [2.75, 3.05) is 0 Å². The third kappa shape index (κ3) is 13.5. The van der Waals surface area contributed by atoms with E-state index in [4.69, 9.17) is 18.5 Å². The molecule has 0 aliphatic rings. The van der Waals surface area contributed by atoms with Crippen molar-refractivity contribution in [3.8, 4) is 0 Å². The molecule has 0 bridgehead atoms. The highest BCUT2D eigenvalue weighted by atomic mass is 31.2. The van der Waals surface area contributed by atoms with Crippen LogP contribution in [0.15, 0.2) is 25.3 Å². The van der Waals surface area contributed by atoms with Crippen molar-refractivity contribution in [1.29, 1.82) is 0 Å². The fourth-order valence-corrected chi connectivity index (χ4v) is 2.63. The van der Waals surface area contributed by atoms with Gasteiger partial charge in [0, 0.05) is 25.0 Å². The molecule has 0 saturated carbocycles. The molecule has 2 unspecified atom stereocenters. The summed E-state index contributed by atoms with van der Waals surface area (Å²) < 4.78 is 31.8. The highest BCUT2D eigenvalue weighted by Gasteiger charge is 2.33. The number of hydrogen-bond acceptors (Lipinski definition) is 7. The maximum Gasteiger partial charge on any atom is 0.478 e. The van der Waals surface area contributed by atoms with Crippen molar-refractivity contribution in [1.82, 2.24) is 0 Å². The molecule has 1 N–H and O–H groups in total. The summed E-state index contributed by atoms with van der Waals surface area (Å²) in [5.41, 5.74) is 0. The molecule has 0 radical (unpaired) electrons. The van der Waals surface area contributed by atoms with E-state index in [2.05, 4.69) is 13.2 Å². The quantitative estimate of drug-likeness (QED) is 0.155. The first-order chi connectivity index (χ1) is 11.8. The second-order valence-electron chi connectivity index (χ2n) is 5.10. The lowest BCUT2D eigenvalue weighted by Gasteiger charge is -2.23. The van der Waals surface area contributed by atoms with Gasteiger partial charge in [-0.2, -0.15) is 0 Å².